The maximum absolute atomic E-state index is 12.2. The van der Waals surface area contributed by atoms with Gasteiger partial charge in [0, 0.05) is 23.5 Å². The van der Waals surface area contributed by atoms with Gasteiger partial charge in [-0.1, -0.05) is 0 Å². The van der Waals surface area contributed by atoms with Crippen LogP contribution >= 0.6 is 0 Å². The lowest BCUT2D eigenvalue weighted by molar-refractivity contribution is -0.142. The summed E-state index contributed by atoms with van der Waals surface area (Å²) in [6, 6.07) is 1.24. The number of anilines is 1. The number of nitrogens with zero attached hydrogens (tertiary/aromatic N) is 3. The van der Waals surface area contributed by atoms with E-state index in [1.54, 1.807) is 0 Å². The molecular weight excluding hydrogens is 277 g/mol. The number of pyridine rings is 1. The molecular formula is C11H9F3N4O2. The molecule has 6 nitrogen and oxygen atoms in total. The van der Waals surface area contributed by atoms with Crippen molar-refractivity contribution >= 4 is 11.8 Å². The van der Waals surface area contributed by atoms with Crippen LogP contribution in [-0.4, -0.2) is 32.0 Å². The molecule has 0 unspecified atom stereocenters. The number of aromatic carboxylic acids is 1. The zero-order valence-electron chi connectivity index (χ0n) is 9.92. The number of carbonyl (C=O) groups is 1. The van der Waals surface area contributed by atoms with Crippen LogP contribution in [0.3, 0.4) is 0 Å². The van der Waals surface area contributed by atoms with Crippen LogP contribution in [0, 0.1) is 0 Å². The molecule has 0 aliphatic heterocycles. The minimum atomic E-state index is -4.38. The van der Waals surface area contributed by atoms with Crippen LogP contribution in [0.25, 0.3) is 11.1 Å². The highest BCUT2D eigenvalue weighted by molar-refractivity contribution is 5.94. The predicted molar refractivity (Wildman–Crippen MR) is 62.9 cm³/mol. The van der Waals surface area contributed by atoms with E-state index >= 15 is 0 Å². The van der Waals surface area contributed by atoms with E-state index in [9.17, 15) is 18.0 Å². The van der Waals surface area contributed by atoms with Crippen molar-refractivity contribution in [2.24, 2.45) is 0 Å². The summed E-state index contributed by atoms with van der Waals surface area (Å²) in [7, 11) is 0. The molecule has 2 heterocycles. The maximum atomic E-state index is 12.2. The van der Waals surface area contributed by atoms with Gasteiger partial charge < -0.3 is 10.8 Å². The zero-order chi connectivity index (χ0) is 14.9. The van der Waals surface area contributed by atoms with Gasteiger partial charge in [0.15, 0.2) is 0 Å². The molecule has 0 saturated carbocycles. The average Bonchev–Trinajstić information content (AvgIpc) is 2.75. The first kappa shape index (κ1) is 13.8. The number of hydrogen-bond donors (Lipinski definition) is 2. The normalized spacial score (nSPS) is 11.6. The molecule has 0 aliphatic carbocycles. The Morgan fingerprint density at radius 1 is 1.35 bits per heavy atom. The highest BCUT2D eigenvalue weighted by Crippen LogP contribution is 2.23. The van der Waals surface area contributed by atoms with Crippen molar-refractivity contribution in [1.29, 1.82) is 0 Å². The Labute approximate surface area is 110 Å². The van der Waals surface area contributed by atoms with Crippen LogP contribution in [0.2, 0.25) is 0 Å². The zero-order valence-corrected chi connectivity index (χ0v) is 9.92. The molecule has 2 rings (SSSR count). The highest BCUT2D eigenvalue weighted by atomic mass is 19.4. The minimum Gasteiger partial charge on any atom is -0.478 e. The molecule has 2 aromatic rings. The Kier molecular flexibility index (Phi) is 3.35. The van der Waals surface area contributed by atoms with Crippen molar-refractivity contribution in [1.82, 2.24) is 14.8 Å². The van der Waals surface area contributed by atoms with E-state index in [2.05, 4.69) is 10.1 Å². The van der Waals surface area contributed by atoms with Crippen molar-refractivity contribution in [3.8, 4) is 11.1 Å². The summed E-state index contributed by atoms with van der Waals surface area (Å²) >= 11 is 0. The molecule has 0 aliphatic rings. The molecule has 0 saturated heterocycles. The monoisotopic (exact) mass is 286 g/mol. The number of carboxylic acids is 1. The van der Waals surface area contributed by atoms with E-state index in [0.29, 0.717) is 15.8 Å². The number of nitrogen functional groups attached to an aromatic ring is 1. The Morgan fingerprint density at radius 3 is 2.65 bits per heavy atom. The fraction of sp³-hybridized carbons (Fsp3) is 0.182. The summed E-state index contributed by atoms with van der Waals surface area (Å²) in [5.41, 5.74) is 5.83. The van der Waals surface area contributed by atoms with Crippen LogP contribution in [0.5, 0.6) is 0 Å². The van der Waals surface area contributed by atoms with Gasteiger partial charge in [-0.3, -0.25) is 4.68 Å². The Hall–Kier alpha value is -2.58. The average molecular weight is 286 g/mol. The van der Waals surface area contributed by atoms with Gasteiger partial charge >= 0.3 is 12.1 Å². The number of carboxylic acid groups (broad SMARTS) is 1. The van der Waals surface area contributed by atoms with E-state index in [1.807, 2.05) is 0 Å². The van der Waals surface area contributed by atoms with Crippen molar-refractivity contribution in [2.75, 3.05) is 5.73 Å². The molecule has 0 aromatic carbocycles. The molecule has 0 atom stereocenters. The van der Waals surface area contributed by atoms with Gasteiger partial charge in [0.2, 0.25) is 0 Å². The van der Waals surface area contributed by atoms with Gasteiger partial charge in [0.25, 0.3) is 0 Å². The topological polar surface area (TPSA) is 94.0 Å². The summed E-state index contributed by atoms with van der Waals surface area (Å²) in [6.07, 6.45) is -0.748. The lowest BCUT2D eigenvalue weighted by atomic mass is 10.1. The second-order valence-corrected chi connectivity index (χ2v) is 4.00. The smallest absolute Gasteiger partial charge is 0.408 e. The summed E-state index contributed by atoms with van der Waals surface area (Å²) in [5, 5.41) is 12.5. The van der Waals surface area contributed by atoms with Gasteiger partial charge in [-0.2, -0.15) is 18.3 Å². The molecule has 0 amide bonds. The fourth-order valence-corrected chi connectivity index (χ4v) is 1.59. The van der Waals surface area contributed by atoms with Crippen LogP contribution in [-0.2, 0) is 6.54 Å². The molecule has 2 aromatic heterocycles. The van der Waals surface area contributed by atoms with E-state index in [0.717, 1.165) is 6.20 Å². The number of alkyl halides is 3. The first-order valence-corrected chi connectivity index (χ1v) is 5.34. The first-order valence-electron chi connectivity index (χ1n) is 5.34. The number of aromatic nitrogens is 3. The number of nitrogens with two attached hydrogens (primary N) is 1. The van der Waals surface area contributed by atoms with E-state index in [4.69, 9.17) is 10.8 Å². The molecule has 9 heteroatoms. The van der Waals surface area contributed by atoms with Gasteiger partial charge in [-0.05, 0) is 6.07 Å². The van der Waals surface area contributed by atoms with Crippen molar-refractivity contribution in [3.05, 3.63) is 30.2 Å². The van der Waals surface area contributed by atoms with Crippen LogP contribution < -0.4 is 5.73 Å². The standard InChI is InChI=1S/C11H9F3N4O2/c12-11(13,14)5-18-4-7(3-17-18)6-1-8(10(19)20)9(15)16-2-6/h1-4H,5H2,(H2,15,16)(H,19,20). The molecule has 0 bridgehead atoms. The molecule has 20 heavy (non-hydrogen) atoms. The molecule has 0 radical (unpaired) electrons. The van der Waals surface area contributed by atoms with E-state index in [-0.39, 0.29) is 11.4 Å². The van der Waals surface area contributed by atoms with Gasteiger partial charge in [0.1, 0.15) is 17.9 Å². The molecule has 0 fully saturated rings. The highest BCUT2D eigenvalue weighted by Gasteiger charge is 2.28. The fourth-order valence-electron chi connectivity index (χ4n) is 1.59. The van der Waals surface area contributed by atoms with Gasteiger partial charge in [0.05, 0.1) is 6.20 Å². The minimum absolute atomic E-state index is 0.163. The molecule has 3 N–H and O–H groups in total. The first-order chi connectivity index (χ1) is 9.26. The Balaban J connectivity index is 2.33. The van der Waals surface area contributed by atoms with Crippen LogP contribution in [0.15, 0.2) is 24.7 Å². The van der Waals surface area contributed by atoms with E-state index < -0.39 is 18.7 Å². The maximum Gasteiger partial charge on any atom is 0.408 e. The number of hydrogen-bond acceptors (Lipinski definition) is 4. The largest absolute Gasteiger partial charge is 0.478 e. The summed E-state index contributed by atoms with van der Waals surface area (Å²) in [5.74, 6) is -1.43. The van der Waals surface area contributed by atoms with Crippen LogP contribution in [0.1, 0.15) is 10.4 Å². The second-order valence-electron chi connectivity index (χ2n) is 4.00. The van der Waals surface area contributed by atoms with E-state index in [1.165, 1.54) is 18.5 Å². The molecule has 0 spiro atoms. The predicted octanol–water partition coefficient (Wildman–Crippen LogP) is 1.79. The Morgan fingerprint density at radius 2 is 2.05 bits per heavy atom. The molecule has 106 valence electrons. The quantitative estimate of drug-likeness (QED) is 0.897. The van der Waals surface area contributed by atoms with Crippen molar-refractivity contribution in [2.45, 2.75) is 12.7 Å². The third-order valence-corrected chi connectivity index (χ3v) is 2.46. The lowest BCUT2D eigenvalue weighted by Crippen LogP contribution is -2.17. The van der Waals surface area contributed by atoms with Gasteiger partial charge in [-0.15, -0.1) is 0 Å². The lowest BCUT2D eigenvalue weighted by Gasteiger charge is -2.05. The summed E-state index contributed by atoms with van der Waals surface area (Å²) in [4.78, 5) is 14.6. The van der Waals surface area contributed by atoms with Gasteiger partial charge in [-0.25, -0.2) is 9.78 Å². The summed E-state index contributed by atoms with van der Waals surface area (Å²) < 4.78 is 37.3. The second kappa shape index (κ2) is 4.83. The number of halogens is 3. The number of rotatable bonds is 3. The van der Waals surface area contributed by atoms with Crippen molar-refractivity contribution in [3.63, 3.8) is 0 Å². The Bertz CT molecular complexity index is 651. The third kappa shape index (κ3) is 3.05. The SMILES string of the molecule is Nc1ncc(-c2cnn(CC(F)(F)F)c2)cc1C(=O)O. The van der Waals surface area contributed by atoms with Crippen LogP contribution in [0.4, 0.5) is 19.0 Å². The third-order valence-electron chi connectivity index (χ3n) is 2.46. The van der Waals surface area contributed by atoms with Crippen molar-refractivity contribution < 1.29 is 23.1 Å². The summed E-state index contributed by atoms with van der Waals surface area (Å²) in [6.45, 7) is -1.22.